The molecule has 2 N–H and O–H groups in total. The van der Waals surface area contributed by atoms with E-state index in [1.165, 1.54) is 11.6 Å². The van der Waals surface area contributed by atoms with Crippen LogP contribution in [-0.4, -0.2) is 20.1 Å². The lowest BCUT2D eigenvalue weighted by Gasteiger charge is -2.05. The van der Waals surface area contributed by atoms with Crippen LogP contribution in [0.2, 0.25) is 0 Å². The molecule has 0 spiro atoms. The molecule has 1 heterocycles. The number of furan rings is 1. The van der Waals surface area contributed by atoms with Gasteiger partial charge >= 0.3 is 0 Å². The van der Waals surface area contributed by atoms with E-state index in [-0.39, 0.29) is 21.9 Å². The van der Waals surface area contributed by atoms with Crippen LogP contribution >= 0.6 is 15.9 Å². The summed E-state index contributed by atoms with van der Waals surface area (Å²) in [4.78, 5) is 0.00580. The quantitative estimate of drug-likeness (QED) is 0.730. The lowest BCUT2D eigenvalue weighted by atomic mass is 10.1. The van der Waals surface area contributed by atoms with Gasteiger partial charge in [0.1, 0.15) is 17.3 Å². The molecule has 0 fully saturated rings. The number of benzene rings is 1. The van der Waals surface area contributed by atoms with Crippen LogP contribution in [0.25, 0.3) is 0 Å². The highest BCUT2D eigenvalue weighted by atomic mass is 79.9. The van der Waals surface area contributed by atoms with E-state index in [4.69, 9.17) is 9.52 Å². The smallest absolute Gasteiger partial charge is 0.244 e. The molecule has 0 saturated carbocycles. The third-order valence-electron chi connectivity index (χ3n) is 2.93. The van der Waals surface area contributed by atoms with Crippen molar-refractivity contribution >= 4 is 26.0 Å². The average molecular weight is 374 g/mol. The number of aryl methyl sites for hydroxylation is 1. The second-order valence-electron chi connectivity index (χ2n) is 4.50. The summed E-state index contributed by atoms with van der Waals surface area (Å²) >= 11 is 3.04. The fourth-order valence-electron chi connectivity index (χ4n) is 1.88. The predicted molar refractivity (Wildman–Crippen MR) is 82.3 cm³/mol. The first-order valence-corrected chi connectivity index (χ1v) is 8.73. The normalized spacial score (nSPS) is 11.7. The number of hydrogen-bond donors (Lipinski definition) is 2. The Labute approximate surface area is 132 Å². The van der Waals surface area contributed by atoms with Gasteiger partial charge in [0.15, 0.2) is 4.67 Å². The fourth-order valence-corrected chi connectivity index (χ4v) is 3.95. The van der Waals surface area contributed by atoms with Crippen LogP contribution < -0.4 is 4.72 Å². The SMILES string of the molecule is O=S(=O)(NCCCc1ccccc1)c1cc(CO)oc1Br. The zero-order valence-corrected chi connectivity index (χ0v) is 13.7. The van der Waals surface area contributed by atoms with Gasteiger partial charge in [-0.2, -0.15) is 0 Å². The maximum absolute atomic E-state index is 12.1. The van der Waals surface area contributed by atoms with Gasteiger partial charge in [-0.3, -0.25) is 0 Å². The number of aliphatic hydroxyl groups excluding tert-OH is 1. The third-order valence-corrected chi connectivity index (χ3v) is 5.25. The van der Waals surface area contributed by atoms with Crippen molar-refractivity contribution in [3.05, 3.63) is 52.4 Å². The Balaban J connectivity index is 1.91. The molecule has 0 aliphatic heterocycles. The third kappa shape index (κ3) is 4.41. The van der Waals surface area contributed by atoms with E-state index in [2.05, 4.69) is 20.7 Å². The molecule has 2 rings (SSSR count). The van der Waals surface area contributed by atoms with Crippen LogP contribution in [0.1, 0.15) is 17.7 Å². The van der Waals surface area contributed by atoms with Gasteiger partial charge in [-0.05, 0) is 34.3 Å². The van der Waals surface area contributed by atoms with Crippen LogP contribution in [0.15, 0.2) is 50.4 Å². The Hall–Kier alpha value is -1.15. The van der Waals surface area contributed by atoms with Crippen molar-refractivity contribution in [3.63, 3.8) is 0 Å². The highest BCUT2D eigenvalue weighted by Crippen LogP contribution is 2.25. The van der Waals surface area contributed by atoms with Crippen molar-refractivity contribution < 1.29 is 17.9 Å². The van der Waals surface area contributed by atoms with Gasteiger partial charge in [0.2, 0.25) is 10.0 Å². The largest absolute Gasteiger partial charge is 0.450 e. The Morgan fingerprint density at radius 1 is 1.24 bits per heavy atom. The number of aliphatic hydroxyl groups is 1. The van der Waals surface area contributed by atoms with Crippen LogP contribution in [0.3, 0.4) is 0 Å². The summed E-state index contributed by atoms with van der Waals surface area (Å²) in [6.07, 6.45) is 1.50. The lowest BCUT2D eigenvalue weighted by molar-refractivity contribution is 0.245. The average Bonchev–Trinajstić information content (AvgIpc) is 2.87. The van der Waals surface area contributed by atoms with Crippen LogP contribution in [0, 0.1) is 0 Å². The molecule has 5 nitrogen and oxygen atoms in total. The zero-order chi connectivity index (χ0) is 15.3. The number of hydrogen-bond acceptors (Lipinski definition) is 4. The van der Waals surface area contributed by atoms with Gasteiger partial charge in [-0.15, -0.1) is 0 Å². The number of rotatable bonds is 7. The van der Waals surface area contributed by atoms with Crippen LogP contribution in [0.5, 0.6) is 0 Å². The molecule has 1 aromatic carbocycles. The van der Waals surface area contributed by atoms with E-state index >= 15 is 0 Å². The number of sulfonamides is 1. The first-order chi connectivity index (χ1) is 10.0. The minimum atomic E-state index is -3.64. The molecule has 114 valence electrons. The molecule has 21 heavy (non-hydrogen) atoms. The zero-order valence-electron chi connectivity index (χ0n) is 11.3. The number of nitrogens with one attached hydrogen (secondary N) is 1. The van der Waals surface area contributed by atoms with E-state index in [0.717, 1.165) is 6.42 Å². The standard InChI is InChI=1S/C14H16BrNO4S/c15-14-13(9-12(10-17)20-14)21(18,19)16-8-4-7-11-5-2-1-3-6-11/h1-3,5-6,9,16-17H,4,7-8,10H2. The minimum Gasteiger partial charge on any atom is -0.450 e. The van der Waals surface area contributed by atoms with Crippen LogP contribution in [-0.2, 0) is 23.1 Å². The topological polar surface area (TPSA) is 79.5 Å². The first-order valence-electron chi connectivity index (χ1n) is 6.45. The van der Waals surface area contributed by atoms with Crippen molar-refractivity contribution in [2.24, 2.45) is 0 Å². The molecule has 2 aromatic rings. The monoisotopic (exact) mass is 373 g/mol. The minimum absolute atomic E-state index is 0.00580. The summed E-state index contributed by atoms with van der Waals surface area (Å²) in [6, 6.07) is 11.2. The summed E-state index contributed by atoms with van der Waals surface area (Å²) in [5.74, 6) is 0.200. The molecule has 1 aromatic heterocycles. The van der Waals surface area contributed by atoms with Gasteiger partial charge in [-0.1, -0.05) is 30.3 Å². The highest BCUT2D eigenvalue weighted by molar-refractivity contribution is 9.10. The van der Waals surface area contributed by atoms with E-state index in [1.807, 2.05) is 30.3 Å². The molecule has 0 unspecified atom stereocenters. The molecule has 0 radical (unpaired) electrons. The van der Waals surface area contributed by atoms with Crippen molar-refractivity contribution in [1.82, 2.24) is 4.72 Å². The second kappa shape index (κ2) is 7.22. The van der Waals surface area contributed by atoms with Crippen molar-refractivity contribution in [2.45, 2.75) is 24.3 Å². The Morgan fingerprint density at radius 2 is 1.95 bits per heavy atom. The highest BCUT2D eigenvalue weighted by Gasteiger charge is 2.21. The second-order valence-corrected chi connectivity index (χ2v) is 6.95. The number of halogens is 1. The van der Waals surface area contributed by atoms with Gasteiger partial charge in [0.05, 0.1) is 0 Å². The van der Waals surface area contributed by atoms with Gasteiger partial charge in [0, 0.05) is 12.6 Å². The molecule has 0 aliphatic carbocycles. The molecule has 0 atom stereocenters. The molecule has 0 saturated heterocycles. The van der Waals surface area contributed by atoms with Crippen LogP contribution in [0.4, 0.5) is 0 Å². The van der Waals surface area contributed by atoms with Gasteiger partial charge < -0.3 is 9.52 Å². The predicted octanol–water partition coefficient (Wildman–Crippen LogP) is 2.45. The van der Waals surface area contributed by atoms with E-state index < -0.39 is 10.0 Å². The maximum atomic E-state index is 12.1. The Morgan fingerprint density at radius 3 is 2.57 bits per heavy atom. The van der Waals surface area contributed by atoms with E-state index in [0.29, 0.717) is 13.0 Å². The van der Waals surface area contributed by atoms with Gasteiger partial charge in [0.25, 0.3) is 0 Å². The molecule has 0 bridgehead atoms. The fraction of sp³-hybridized carbons (Fsp3) is 0.286. The molecular formula is C14H16BrNO4S. The first kappa shape index (κ1) is 16.2. The molecule has 0 amide bonds. The summed E-state index contributed by atoms with van der Waals surface area (Å²) < 4.78 is 31.9. The van der Waals surface area contributed by atoms with E-state index in [9.17, 15) is 8.42 Å². The lowest BCUT2D eigenvalue weighted by Crippen LogP contribution is -2.25. The Kier molecular flexibility index (Phi) is 5.58. The summed E-state index contributed by atoms with van der Waals surface area (Å²) in [5, 5.41) is 8.95. The van der Waals surface area contributed by atoms with Crippen molar-refractivity contribution in [1.29, 1.82) is 0 Å². The van der Waals surface area contributed by atoms with Crippen molar-refractivity contribution in [2.75, 3.05) is 6.54 Å². The molecule has 7 heteroatoms. The molecule has 0 aliphatic rings. The molecular weight excluding hydrogens is 358 g/mol. The summed E-state index contributed by atoms with van der Waals surface area (Å²) in [6.45, 7) is -0.00850. The van der Waals surface area contributed by atoms with Gasteiger partial charge in [-0.25, -0.2) is 13.1 Å². The summed E-state index contributed by atoms with van der Waals surface area (Å²) in [7, 11) is -3.64. The Bertz CT molecular complexity index is 682. The van der Waals surface area contributed by atoms with E-state index in [1.54, 1.807) is 0 Å². The summed E-state index contributed by atoms with van der Waals surface area (Å²) in [5.41, 5.74) is 1.17. The van der Waals surface area contributed by atoms with Crippen molar-refractivity contribution in [3.8, 4) is 0 Å². The maximum Gasteiger partial charge on any atom is 0.244 e.